The first kappa shape index (κ1) is 24.3. The maximum atomic E-state index is 12.6. The minimum Gasteiger partial charge on any atom is -0.493 e. The van der Waals surface area contributed by atoms with Gasteiger partial charge in [0.05, 0.1) is 19.6 Å². The first-order valence-corrected chi connectivity index (χ1v) is 11.4. The van der Waals surface area contributed by atoms with Crippen LogP contribution in [0.5, 0.6) is 11.5 Å². The van der Waals surface area contributed by atoms with Crippen LogP contribution in [0.15, 0.2) is 48.5 Å². The van der Waals surface area contributed by atoms with Gasteiger partial charge in [-0.1, -0.05) is 31.2 Å². The van der Waals surface area contributed by atoms with Gasteiger partial charge in [-0.3, -0.25) is 14.5 Å². The number of anilines is 1. The van der Waals surface area contributed by atoms with E-state index in [4.69, 9.17) is 15.2 Å². The van der Waals surface area contributed by atoms with Crippen LogP contribution < -0.4 is 20.5 Å². The highest BCUT2D eigenvalue weighted by molar-refractivity contribution is 6.02. The lowest BCUT2D eigenvalue weighted by atomic mass is 9.97. The van der Waals surface area contributed by atoms with Gasteiger partial charge in [0.15, 0.2) is 11.5 Å². The van der Waals surface area contributed by atoms with E-state index in [0.717, 1.165) is 42.6 Å². The third kappa shape index (κ3) is 7.08. The molecule has 1 atom stereocenters. The van der Waals surface area contributed by atoms with Crippen molar-refractivity contribution in [3.8, 4) is 11.5 Å². The molecule has 2 amide bonds. The Morgan fingerprint density at radius 2 is 2.03 bits per heavy atom. The Balaban J connectivity index is 1.64. The highest BCUT2D eigenvalue weighted by Gasteiger charge is 2.24. The quantitative estimate of drug-likeness (QED) is 0.536. The van der Waals surface area contributed by atoms with Crippen LogP contribution in [0, 0.1) is 5.92 Å². The molecule has 176 valence electrons. The Morgan fingerprint density at radius 3 is 2.79 bits per heavy atom. The second-order valence-electron chi connectivity index (χ2n) is 8.22. The van der Waals surface area contributed by atoms with Crippen molar-refractivity contribution in [2.24, 2.45) is 11.7 Å². The SMILES string of the molecule is CCCOc1ccc(/C=C/C(=O)Nc2ccccc2CN2CCCC(C(N)=O)C2)cc1OC. The van der Waals surface area contributed by atoms with Crippen LogP contribution in [-0.4, -0.2) is 43.5 Å². The standard InChI is InChI=1S/C26H33N3O4/c1-3-15-33-23-12-10-19(16-24(23)32-2)11-13-25(30)28-22-9-5-4-7-20(22)17-29-14-6-8-21(18-29)26(27)31/h4-5,7,9-13,16,21H,3,6,8,14-15,17-18H2,1-2H3,(H2,27,31)(H,28,30)/b13-11+. The number of primary amides is 1. The topological polar surface area (TPSA) is 93.9 Å². The van der Waals surface area contributed by atoms with Crippen molar-refractivity contribution in [3.05, 3.63) is 59.7 Å². The number of amides is 2. The summed E-state index contributed by atoms with van der Waals surface area (Å²) in [6.07, 6.45) is 5.94. The van der Waals surface area contributed by atoms with E-state index in [1.165, 1.54) is 6.08 Å². The highest BCUT2D eigenvalue weighted by atomic mass is 16.5. The molecule has 1 aliphatic heterocycles. The molecule has 2 aromatic carbocycles. The molecule has 0 radical (unpaired) electrons. The molecule has 7 nitrogen and oxygen atoms in total. The van der Waals surface area contributed by atoms with Crippen LogP contribution in [0.25, 0.3) is 6.08 Å². The number of hydrogen-bond donors (Lipinski definition) is 2. The summed E-state index contributed by atoms with van der Waals surface area (Å²) >= 11 is 0. The van der Waals surface area contributed by atoms with Crippen molar-refractivity contribution < 1.29 is 19.1 Å². The van der Waals surface area contributed by atoms with Gasteiger partial charge in [-0.05, 0) is 61.2 Å². The van der Waals surface area contributed by atoms with E-state index in [-0.39, 0.29) is 17.7 Å². The fourth-order valence-electron chi connectivity index (χ4n) is 3.92. The van der Waals surface area contributed by atoms with Gasteiger partial charge in [0.2, 0.25) is 11.8 Å². The summed E-state index contributed by atoms with van der Waals surface area (Å²) in [6, 6.07) is 13.3. The van der Waals surface area contributed by atoms with Crippen LogP contribution in [0.4, 0.5) is 5.69 Å². The van der Waals surface area contributed by atoms with Crippen LogP contribution in [0.3, 0.4) is 0 Å². The molecular weight excluding hydrogens is 418 g/mol. The number of nitrogens with two attached hydrogens (primary N) is 1. The molecule has 1 heterocycles. The van der Waals surface area contributed by atoms with E-state index >= 15 is 0 Å². The molecule has 0 bridgehead atoms. The van der Waals surface area contributed by atoms with Crippen molar-refractivity contribution in [2.75, 3.05) is 32.1 Å². The van der Waals surface area contributed by atoms with Crippen LogP contribution in [0.2, 0.25) is 0 Å². The van der Waals surface area contributed by atoms with Crippen LogP contribution in [-0.2, 0) is 16.1 Å². The number of nitrogens with zero attached hydrogens (tertiary/aromatic N) is 1. The molecule has 1 fully saturated rings. The van der Waals surface area contributed by atoms with Crippen LogP contribution >= 0.6 is 0 Å². The second-order valence-corrected chi connectivity index (χ2v) is 8.22. The van der Waals surface area contributed by atoms with Crippen molar-refractivity contribution in [1.29, 1.82) is 0 Å². The van der Waals surface area contributed by atoms with Gasteiger partial charge < -0.3 is 20.5 Å². The maximum Gasteiger partial charge on any atom is 0.248 e. The first-order valence-electron chi connectivity index (χ1n) is 11.4. The average Bonchev–Trinajstić information content (AvgIpc) is 2.83. The lowest BCUT2D eigenvalue weighted by molar-refractivity contribution is -0.123. The maximum absolute atomic E-state index is 12.6. The summed E-state index contributed by atoms with van der Waals surface area (Å²) < 4.78 is 11.1. The number of ether oxygens (including phenoxy) is 2. The van der Waals surface area contributed by atoms with Gasteiger partial charge in [-0.15, -0.1) is 0 Å². The zero-order valence-corrected chi connectivity index (χ0v) is 19.4. The summed E-state index contributed by atoms with van der Waals surface area (Å²) in [5.41, 5.74) is 8.10. The molecular formula is C26H33N3O4. The number of rotatable bonds is 10. The molecule has 3 N–H and O–H groups in total. The molecule has 0 saturated carbocycles. The first-order chi connectivity index (χ1) is 16.0. The van der Waals surface area contributed by atoms with E-state index in [1.807, 2.05) is 49.4 Å². The largest absolute Gasteiger partial charge is 0.493 e. The Kier molecular flexibility index (Phi) is 8.89. The van der Waals surface area contributed by atoms with Gasteiger partial charge >= 0.3 is 0 Å². The molecule has 2 aromatic rings. The minimum absolute atomic E-state index is 0.112. The average molecular weight is 452 g/mol. The number of carbonyl (C=O) groups is 2. The number of methoxy groups -OCH3 is 1. The lowest BCUT2D eigenvalue weighted by Crippen LogP contribution is -2.40. The molecule has 7 heteroatoms. The Bertz CT molecular complexity index is 989. The van der Waals surface area contributed by atoms with Gasteiger partial charge in [-0.25, -0.2) is 0 Å². The van der Waals surface area contributed by atoms with E-state index in [2.05, 4.69) is 10.2 Å². The van der Waals surface area contributed by atoms with Gasteiger partial charge in [0, 0.05) is 24.9 Å². The Morgan fingerprint density at radius 1 is 1.21 bits per heavy atom. The monoisotopic (exact) mass is 451 g/mol. The third-order valence-corrected chi connectivity index (χ3v) is 5.65. The zero-order chi connectivity index (χ0) is 23.6. The van der Waals surface area contributed by atoms with Gasteiger partial charge in [0.25, 0.3) is 0 Å². The number of carbonyl (C=O) groups excluding carboxylic acids is 2. The van der Waals surface area contributed by atoms with E-state index in [9.17, 15) is 9.59 Å². The molecule has 1 saturated heterocycles. The van der Waals surface area contributed by atoms with E-state index < -0.39 is 0 Å². The Hall–Kier alpha value is -3.32. The number of benzene rings is 2. The molecule has 1 unspecified atom stereocenters. The van der Waals surface area contributed by atoms with Gasteiger partial charge in [-0.2, -0.15) is 0 Å². The predicted molar refractivity (Wildman–Crippen MR) is 130 cm³/mol. The van der Waals surface area contributed by atoms with Crippen LogP contribution in [0.1, 0.15) is 37.3 Å². The second kappa shape index (κ2) is 12.1. The highest BCUT2D eigenvalue weighted by Crippen LogP contribution is 2.29. The number of para-hydroxylation sites is 1. The van der Waals surface area contributed by atoms with Crippen molar-refractivity contribution in [3.63, 3.8) is 0 Å². The zero-order valence-electron chi connectivity index (χ0n) is 19.4. The number of hydrogen-bond acceptors (Lipinski definition) is 5. The normalized spacial score (nSPS) is 16.5. The molecule has 3 rings (SSSR count). The van der Waals surface area contributed by atoms with E-state index in [1.54, 1.807) is 13.2 Å². The van der Waals surface area contributed by atoms with Crippen molar-refractivity contribution >= 4 is 23.6 Å². The lowest BCUT2D eigenvalue weighted by Gasteiger charge is -2.31. The van der Waals surface area contributed by atoms with Crippen molar-refractivity contribution in [2.45, 2.75) is 32.7 Å². The van der Waals surface area contributed by atoms with Gasteiger partial charge in [0.1, 0.15) is 0 Å². The Labute approximate surface area is 195 Å². The summed E-state index contributed by atoms with van der Waals surface area (Å²) in [5.74, 6) is 0.743. The summed E-state index contributed by atoms with van der Waals surface area (Å²) in [7, 11) is 1.60. The molecule has 0 spiro atoms. The number of likely N-dealkylation sites (tertiary alicyclic amines) is 1. The fourth-order valence-corrected chi connectivity index (χ4v) is 3.92. The fraction of sp³-hybridized carbons (Fsp3) is 0.385. The molecule has 33 heavy (non-hydrogen) atoms. The summed E-state index contributed by atoms with van der Waals surface area (Å²) in [4.78, 5) is 26.4. The minimum atomic E-state index is -0.243. The summed E-state index contributed by atoms with van der Waals surface area (Å²) in [5, 5.41) is 2.97. The molecule has 0 aliphatic carbocycles. The van der Waals surface area contributed by atoms with E-state index in [0.29, 0.717) is 31.2 Å². The predicted octanol–water partition coefficient (Wildman–Crippen LogP) is 3.83. The number of piperidine rings is 1. The molecule has 0 aromatic heterocycles. The third-order valence-electron chi connectivity index (χ3n) is 5.65. The molecule has 1 aliphatic rings. The smallest absolute Gasteiger partial charge is 0.248 e. The summed E-state index contributed by atoms with van der Waals surface area (Å²) in [6.45, 7) is 4.88. The number of nitrogens with one attached hydrogen (secondary N) is 1. The van der Waals surface area contributed by atoms with Crippen molar-refractivity contribution in [1.82, 2.24) is 4.90 Å².